The number of piperazine rings is 1. The second-order valence-corrected chi connectivity index (χ2v) is 5.39. The van der Waals surface area contributed by atoms with Crippen LogP contribution in [-0.2, 0) is 9.53 Å². The topological polar surface area (TPSA) is 57.8 Å². The first kappa shape index (κ1) is 16.1. The van der Waals surface area contributed by atoms with Crippen molar-refractivity contribution >= 4 is 17.7 Å². The minimum Gasteiger partial charge on any atom is -0.462 e. The molecule has 0 bridgehead atoms. The number of anilines is 1. The van der Waals surface area contributed by atoms with Gasteiger partial charge in [0.1, 0.15) is 11.6 Å². The molecular formula is C17H22N3O2+. The Labute approximate surface area is 131 Å². The average molecular weight is 300 g/mol. The number of nitrogens with zero attached hydrogens (tertiary/aromatic N) is 2. The molecule has 1 aromatic carbocycles. The standard InChI is InChI=1S/C17H21N3O2/c1-3-22-17(21)15(13-18)12-14-6-4-5-7-16(14)20-10-8-19(2)9-11-20/h4-7,12H,3,8-11H2,1-2H3/p+1. The molecule has 0 radical (unpaired) electrons. The molecule has 5 heteroatoms. The quantitative estimate of drug-likeness (QED) is 0.499. The highest BCUT2D eigenvalue weighted by atomic mass is 16.5. The van der Waals surface area contributed by atoms with Gasteiger partial charge in [-0.05, 0) is 24.6 Å². The molecule has 0 aromatic heterocycles. The van der Waals surface area contributed by atoms with Crippen molar-refractivity contribution in [3.8, 4) is 6.07 Å². The lowest BCUT2D eigenvalue weighted by atomic mass is 10.1. The summed E-state index contributed by atoms with van der Waals surface area (Å²) in [4.78, 5) is 15.6. The van der Waals surface area contributed by atoms with Crippen molar-refractivity contribution in [3.63, 3.8) is 0 Å². The van der Waals surface area contributed by atoms with E-state index >= 15 is 0 Å². The van der Waals surface area contributed by atoms with Gasteiger partial charge < -0.3 is 14.5 Å². The predicted octanol–water partition coefficient (Wildman–Crippen LogP) is 0.491. The number of esters is 1. The Hall–Kier alpha value is -2.32. The number of rotatable bonds is 4. The Kier molecular flexibility index (Phi) is 5.56. The zero-order valence-electron chi connectivity index (χ0n) is 13.1. The van der Waals surface area contributed by atoms with Crippen LogP contribution in [0.2, 0.25) is 0 Å². The number of nitriles is 1. The number of nitrogens with one attached hydrogen (secondary N) is 1. The van der Waals surface area contributed by atoms with E-state index < -0.39 is 5.97 Å². The fraction of sp³-hybridized carbons (Fsp3) is 0.412. The normalized spacial score (nSPS) is 16.2. The molecule has 1 saturated heterocycles. The van der Waals surface area contributed by atoms with Gasteiger partial charge in [0.2, 0.25) is 0 Å². The maximum absolute atomic E-state index is 11.8. The largest absolute Gasteiger partial charge is 0.462 e. The number of carbonyl (C=O) groups excluding carboxylic acids is 1. The van der Waals surface area contributed by atoms with Gasteiger partial charge in [0, 0.05) is 5.69 Å². The van der Waals surface area contributed by atoms with Crippen LogP contribution in [0.5, 0.6) is 0 Å². The highest BCUT2D eigenvalue weighted by Crippen LogP contribution is 2.23. The molecule has 0 unspecified atom stereocenters. The SMILES string of the molecule is CCOC(=O)C(C#N)=Cc1ccccc1N1CC[NH+](C)CC1. The van der Waals surface area contributed by atoms with Crippen molar-refractivity contribution in [2.24, 2.45) is 0 Å². The number of carbonyl (C=O) groups is 1. The van der Waals surface area contributed by atoms with Crippen molar-refractivity contribution in [1.29, 1.82) is 5.26 Å². The van der Waals surface area contributed by atoms with Gasteiger partial charge in [0.25, 0.3) is 0 Å². The van der Waals surface area contributed by atoms with Gasteiger partial charge in [-0.25, -0.2) is 4.79 Å². The molecule has 0 aliphatic carbocycles. The van der Waals surface area contributed by atoms with Crippen molar-refractivity contribution in [2.45, 2.75) is 6.92 Å². The Bertz CT molecular complexity index is 596. The summed E-state index contributed by atoms with van der Waals surface area (Å²) < 4.78 is 4.92. The van der Waals surface area contributed by atoms with Crippen LogP contribution < -0.4 is 9.80 Å². The molecule has 116 valence electrons. The Balaban J connectivity index is 2.28. The van der Waals surface area contributed by atoms with E-state index in [9.17, 15) is 10.1 Å². The maximum atomic E-state index is 11.8. The fourth-order valence-electron chi connectivity index (χ4n) is 2.53. The second-order valence-electron chi connectivity index (χ2n) is 5.39. The smallest absolute Gasteiger partial charge is 0.348 e. The van der Waals surface area contributed by atoms with E-state index in [-0.39, 0.29) is 12.2 Å². The zero-order valence-corrected chi connectivity index (χ0v) is 13.1. The van der Waals surface area contributed by atoms with E-state index in [1.807, 2.05) is 30.3 Å². The summed E-state index contributed by atoms with van der Waals surface area (Å²) in [5, 5.41) is 9.18. The van der Waals surface area contributed by atoms with E-state index in [4.69, 9.17) is 4.74 Å². The summed E-state index contributed by atoms with van der Waals surface area (Å²) in [6.07, 6.45) is 1.62. The van der Waals surface area contributed by atoms with Crippen LogP contribution in [0.4, 0.5) is 5.69 Å². The van der Waals surface area contributed by atoms with Crippen LogP contribution in [-0.4, -0.2) is 45.8 Å². The van der Waals surface area contributed by atoms with E-state index in [1.54, 1.807) is 13.0 Å². The van der Waals surface area contributed by atoms with Gasteiger partial charge in [-0.1, -0.05) is 18.2 Å². The minimum atomic E-state index is -0.567. The van der Waals surface area contributed by atoms with Crippen LogP contribution in [0.3, 0.4) is 0 Å². The number of quaternary nitrogens is 1. The van der Waals surface area contributed by atoms with Crippen LogP contribution in [0.1, 0.15) is 12.5 Å². The average Bonchev–Trinajstić information content (AvgIpc) is 2.54. The number of para-hydroxylation sites is 1. The van der Waals surface area contributed by atoms with Gasteiger partial charge in [0.15, 0.2) is 0 Å². The van der Waals surface area contributed by atoms with Crippen LogP contribution in [0, 0.1) is 11.3 Å². The van der Waals surface area contributed by atoms with Crippen molar-refractivity contribution in [3.05, 3.63) is 35.4 Å². The summed E-state index contributed by atoms with van der Waals surface area (Å²) in [5.41, 5.74) is 1.98. The van der Waals surface area contributed by atoms with Gasteiger partial charge >= 0.3 is 5.97 Å². The maximum Gasteiger partial charge on any atom is 0.348 e. The van der Waals surface area contributed by atoms with E-state index in [1.165, 1.54) is 4.90 Å². The van der Waals surface area contributed by atoms with Crippen LogP contribution in [0.25, 0.3) is 6.08 Å². The third-order valence-electron chi connectivity index (χ3n) is 3.81. The van der Waals surface area contributed by atoms with Gasteiger partial charge in [-0.15, -0.1) is 0 Å². The highest BCUT2D eigenvalue weighted by molar-refractivity contribution is 5.98. The van der Waals surface area contributed by atoms with E-state index in [0.717, 1.165) is 37.4 Å². The van der Waals surface area contributed by atoms with Crippen LogP contribution >= 0.6 is 0 Å². The number of benzene rings is 1. The van der Waals surface area contributed by atoms with Gasteiger partial charge in [-0.2, -0.15) is 5.26 Å². The highest BCUT2D eigenvalue weighted by Gasteiger charge is 2.19. The number of hydrogen-bond acceptors (Lipinski definition) is 4. The summed E-state index contributed by atoms with van der Waals surface area (Å²) in [6.45, 7) is 6.10. The summed E-state index contributed by atoms with van der Waals surface area (Å²) in [6, 6.07) is 9.79. The van der Waals surface area contributed by atoms with Crippen molar-refractivity contribution < 1.29 is 14.4 Å². The molecule has 0 atom stereocenters. The minimum absolute atomic E-state index is 0.0362. The third kappa shape index (κ3) is 3.86. The molecule has 0 saturated carbocycles. The lowest BCUT2D eigenvalue weighted by molar-refractivity contribution is -0.880. The van der Waals surface area contributed by atoms with E-state index in [2.05, 4.69) is 11.9 Å². The molecule has 0 spiro atoms. The second kappa shape index (κ2) is 7.62. The monoisotopic (exact) mass is 300 g/mol. The lowest BCUT2D eigenvalue weighted by Crippen LogP contribution is -3.12. The van der Waals surface area contributed by atoms with E-state index in [0.29, 0.717) is 0 Å². The summed E-state index contributed by atoms with van der Waals surface area (Å²) in [5.74, 6) is -0.567. The lowest BCUT2D eigenvalue weighted by Gasteiger charge is -2.32. The summed E-state index contributed by atoms with van der Waals surface area (Å²) >= 11 is 0. The Morgan fingerprint density at radius 3 is 2.73 bits per heavy atom. The molecule has 2 rings (SSSR count). The summed E-state index contributed by atoms with van der Waals surface area (Å²) in [7, 11) is 2.19. The zero-order chi connectivity index (χ0) is 15.9. The molecule has 5 nitrogen and oxygen atoms in total. The first-order valence-corrected chi connectivity index (χ1v) is 7.60. The van der Waals surface area contributed by atoms with Crippen molar-refractivity contribution in [1.82, 2.24) is 0 Å². The number of hydrogen-bond donors (Lipinski definition) is 1. The molecule has 1 aromatic rings. The molecule has 1 aliphatic heterocycles. The van der Waals surface area contributed by atoms with Gasteiger partial charge in [-0.3, -0.25) is 0 Å². The first-order valence-electron chi connectivity index (χ1n) is 7.60. The molecule has 1 aliphatic rings. The van der Waals surface area contributed by atoms with Gasteiger partial charge in [0.05, 0.1) is 39.8 Å². The van der Waals surface area contributed by atoms with Crippen molar-refractivity contribution in [2.75, 3.05) is 44.7 Å². The molecular weight excluding hydrogens is 278 g/mol. The molecule has 1 heterocycles. The number of ether oxygens (including phenoxy) is 1. The molecule has 1 N–H and O–H groups in total. The molecule has 1 fully saturated rings. The molecule has 0 amide bonds. The fourth-order valence-corrected chi connectivity index (χ4v) is 2.53. The molecule has 22 heavy (non-hydrogen) atoms. The predicted molar refractivity (Wildman–Crippen MR) is 85.5 cm³/mol. The Morgan fingerprint density at radius 1 is 1.41 bits per heavy atom. The van der Waals surface area contributed by atoms with Crippen LogP contribution in [0.15, 0.2) is 29.8 Å². The number of likely N-dealkylation sites (N-methyl/N-ethyl adjacent to an activating group) is 1. The third-order valence-corrected chi connectivity index (χ3v) is 3.81. The first-order chi connectivity index (χ1) is 10.7. The Morgan fingerprint density at radius 2 is 2.09 bits per heavy atom.